The maximum absolute atomic E-state index is 13.8. The lowest BCUT2D eigenvalue weighted by Crippen LogP contribution is -2.37. The fraction of sp³-hybridized carbons (Fsp3) is 0.200. The summed E-state index contributed by atoms with van der Waals surface area (Å²) in [5, 5.41) is 16.3. The molecule has 1 aliphatic heterocycles. The normalized spacial score (nSPS) is 19.3. The molecule has 1 heterocycles. The van der Waals surface area contributed by atoms with Crippen molar-refractivity contribution in [2.24, 2.45) is 0 Å². The van der Waals surface area contributed by atoms with E-state index in [-0.39, 0.29) is 23.2 Å². The van der Waals surface area contributed by atoms with E-state index < -0.39 is 17.6 Å². The Morgan fingerprint density at radius 3 is 2.54 bits per heavy atom. The third-order valence-corrected chi connectivity index (χ3v) is 6.96. The zero-order valence-electron chi connectivity index (χ0n) is 20.5. The number of phenols is 1. The molecule has 0 saturated carbocycles. The molecule has 0 spiro atoms. The number of benzene rings is 3. The number of aromatic hydroxyl groups is 1. The van der Waals surface area contributed by atoms with Gasteiger partial charge >= 0.3 is 0 Å². The summed E-state index contributed by atoms with van der Waals surface area (Å²) in [7, 11) is 1.45. The zero-order valence-corrected chi connectivity index (χ0v) is 20.5. The van der Waals surface area contributed by atoms with Gasteiger partial charge in [-0.05, 0) is 60.7 Å². The van der Waals surface area contributed by atoms with Crippen molar-refractivity contribution in [2.45, 2.75) is 31.6 Å². The number of rotatable bonds is 5. The Hall–Kier alpha value is -4.39. The monoisotopic (exact) mass is 498 g/mol. The predicted molar refractivity (Wildman–Crippen MR) is 139 cm³/mol. The summed E-state index contributed by atoms with van der Waals surface area (Å²) in [6.45, 7) is 1.80. The van der Waals surface area contributed by atoms with Crippen LogP contribution < -0.4 is 15.4 Å². The van der Waals surface area contributed by atoms with E-state index >= 15 is 0 Å². The molecule has 0 fully saturated rings. The molecule has 6 nitrogen and oxygen atoms in total. The molecular weight excluding hydrogens is 471 g/mol. The van der Waals surface area contributed by atoms with Crippen molar-refractivity contribution in [1.82, 2.24) is 5.32 Å². The zero-order chi connectivity index (χ0) is 26.1. The molecule has 37 heavy (non-hydrogen) atoms. The van der Waals surface area contributed by atoms with Crippen LogP contribution in [-0.2, 0) is 9.59 Å². The third-order valence-electron chi connectivity index (χ3n) is 6.96. The Morgan fingerprint density at radius 2 is 1.81 bits per heavy atom. The highest BCUT2D eigenvalue weighted by Gasteiger charge is 2.41. The van der Waals surface area contributed by atoms with Gasteiger partial charge in [-0.3, -0.25) is 9.59 Å². The maximum Gasteiger partial charge on any atom is 0.254 e. The van der Waals surface area contributed by atoms with Crippen molar-refractivity contribution < 1.29 is 23.8 Å². The number of dihydropyridines is 1. The molecule has 3 aromatic rings. The van der Waals surface area contributed by atoms with E-state index in [1.807, 2.05) is 30.3 Å². The molecule has 2 aliphatic rings. The van der Waals surface area contributed by atoms with Gasteiger partial charge in [0.05, 0.1) is 7.11 Å². The van der Waals surface area contributed by atoms with Crippen LogP contribution in [0.2, 0.25) is 0 Å². The maximum atomic E-state index is 13.8. The summed E-state index contributed by atoms with van der Waals surface area (Å²) >= 11 is 0. The molecule has 0 aromatic heterocycles. The highest BCUT2D eigenvalue weighted by Crippen LogP contribution is 2.46. The van der Waals surface area contributed by atoms with Crippen molar-refractivity contribution in [3.8, 4) is 11.5 Å². The molecule has 1 aliphatic carbocycles. The van der Waals surface area contributed by atoms with Crippen LogP contribution in [0.5, 0.6) is 11.5 Å². The summed E-state index contributed by atoms with van der Waals surface area (Å²) in [4.78, 5) is 27.3. The molecule has 0 radical (unpaired) electrons. The Morgan fingerprint density at radius 1 is 1.03 bits per heavy atom. The number of halogens is 1. The van der Waals surface area contributed by atoms with Crippen LogP contribution in [0.1, 0.15) is 42.7 Å². The molecule has 3 N–H and O–H groups in total. The second-order valence-electron chi connectivity index (χ2n) is 9.32. The van der Waals surface area contributed by atoms with Gasteiger partial charge in [0.25, 0.3) is 5.91 Å². The SMILES string of the molecule is COc1cc([C@H]2C(C(=O)Nc3cccc(F)c3)=C(C)NC3=C2C(=O)C[C@@H](c2ccccc2)C3)ccc1O. The number of hydrogen-bond acceptors (Lipinski definition) is 5. The van der Waals surface area contributed by atoms with Crippen molar-refractivity contribution in [2.75, 3.05) is 12.4 Å². The highest BCUT2D eigenvalue weighted by molar-refractivity contribution is 6.10. The lowest BCUT2D eigenvalue weighted by atomic mass is 9.71. The number of Topliss-reactive ketones (excluding diaryl/α,β-unsaturated/α-hetero) is 1. The number of phenolic OH excluding ortho intramolecular Hbond substituents is 1. The topological polar surface area (TPSA) is 87.7 Å². The third kappa shape index (κ3) is 4.72. The van der Waals surface area contributed by atoms with E-state index in [2.05, 4.69) is 10.6 Å². The molecule has 0 unspecified atom stereocenters. The minimum atomic E-state index is -0.691. The van der Waals surface area contributed by atoms with Crippen LogP contribution in [-0.4, -0.2) is 23.9 Å². The van der Waals surface area contributed by atoms with Gasteiger partial charge in [-0.2, -0.15) is 0 Å². The Labute approximate surface area is 214 Å². The standard InChI is InChI=1S/C30H27FN2O4/c1-17-27(30(36)33-22-10-6-9-21(31)16-22)28(19-11-12-24(34)26(15-19)37-2)29-23(32-17)13-20(14-25(29)35)18-7-4-3-5-8-18/h3-12,15-16,20,28,32,34H,13-14H2,1-2H3,(H,33,36)/t20-,28-/m0/s1. The summed E-state index contributed by atoms with van der Waals surface area (Å²) in [5.41, 5.74) is 4.29. The van der Waals surface area contributed by atoms with E-state index in [0.29, 0.717) is 40.9 Å². The van der Waals surface area contributed by atoms with Crippen LogP contribution >= 0.6 is 0 Å². The van der Waals surface area contributed by atoms with Crippen LogP contribution in [0.15, 0.2) is 95.3 Å². The average Bonchev–Trinajstić information content (AvgIpc) is 2.88. The second kappa shape index (κ2) is 9.93. The van der Waals surface area contributed by atoms with Crippen molar-refractivity contribution in [3.05, 3.63) is 112 Å². The number of anilines is 1. The van der Waals surface area contributed by atoms with Crippen LogP contribution in [0.3, 0.4) is 0 Å². The van der Waals surface area contributed by atoms with E-state index in [0.717, 1.165) is 11.3 Å². The molecule has 0 bridgehead atoms. The van der Waals surface area contributed by atoms with Gasteiger partial charge in [-0.25, -0.2) is 4.39 Å². The first-order valence-electron chi connectivity index (χ1n) is 12.1. The van der Waals surface area contributed by atoms with Gasteiger partial charge in [0.2, 0.25) is 0 Å². The lowest BCUT2D eigenvalue weighted by Gasteiger charge is -2.37. The molecule has 2 atom stereocenters. The van der Waals surface area contributed by atoms with Crippen molar-refractivity contribution in [3.63, 3.8) is 0 Å². The Kier molecular flexibility index (Phi) is 6.53. The van der Waals surface area contributed by atoms with Crippen LogP contribution in [0, 0.1) is 5.82 Å². The quantitative estimate of drug-likeness (QED) is 0.430. The molecule has 5 rings (SSSR count). The number of carbonyl (C=O) groups excluding carboxylic acids is 2. The second-order valence-corrected chi connectivity index (χ2v) is 9.32. The van der Waals surface area contributed by atoms with Gasteiger partial charge in [0, 0.05) is 40.6 Å². The molecular formula is C30H27FN2O4. The summed E-state index contributed by atoms with van der Waals surface area (Å²) in [6.07, 6.45) is 0.932. The number of ether oxygens (including phenoxy) is 1. The van der Waals surface area contributed by atoms with Crippen molar-refractivity contribution in [1.29, 1.82) is 0 Å². The van der Waals surface area contributed by atoms with Gasteiger partial charge in [0.15, 0.2) is 17.3 Å². The first-order chi connectivity index (χ1) is 17.9. The highest BCUT2D eigenvalue weighted by atomic mass is 19.1. The fourth-order valence-corrected chi connectivity index (χ4v) is 5.27. The molecule has 7 heteroatoms. The van der Waals surface area contributed by atoms with Crippen LogP contribution in [0.4, 0.5) is 10.1 Å². The molecule has 3 aromatic carbocycles. The molecule has 1 amide bonds. The first-order valence-corrected chi connectivity index (χ1v) is 12.1. The number of hydrogen-bond donors (Lipinski definition) is 3. The first kappa shape index (κ1) is 24.3. The Bertz CT molecular complexity index is 1440. The summed E-state index contributed by atoms with van der Waals surface area (Å²) < 4.78 is 19.1. The van der Waals surface area contributed by atoms with E-state index in [1.165, 1.54) is 31.4 Å². The smallest absolute Gasteiger partial charge is 0.254 e. The van der Waals surface area contributed by atoms with Crippen molar-refractivity contribution >= 4 is 17.4 Å². The number of amides is 1. The number of nitrogens with one attached hydrogen (secondary N) is 2. The lowest BCUT2D eigenvalue weighted by molar-refractivity contribution is -0.116. The van der Waals surface area contributed by atoms with E-state index in [9.17, 15) is 19.1 Å². The van der Waals surface area contributed by atoms with Crippen LogP contribution in [0.25, 0.3) is 0 Å². The predicted octanol–water partition coefficient (Wildman–Crippen LogP) is 5.54. The van der Waals surface area contributed by atoms with E-state index in [1.54, 1.807) is 25.1 Å². The summed E-state index contributed by atoms with van der Waals surface area (Å²) in [6, 6.07) is 20.4. The molecule has 188 valence electrons. The summed E-state index contributed by atoms with van der Waals surface area (Å²) in [5.74, 6) is -1.44. The number of methoxy groups -OCH3 is 1. The fourth-order valence-electron chi connectivity index (χ4n) is 5.27. The molecule has 0 saturated heterocycles. The number of ketones is 1. The minimum absolute atomic E-state index is 0.0189. The largest absolute Gasteiger partial charge is 0.504 e. The Balaban J connectivity index is 1.59. The minimum Gasteiger partial charge on any atom is -0.504 e. The average molecular weight is 499 g/mol. The van der Waals surface area contributed by atoms with Gasteiger partial charge in [-0.15, -0.1) is 0 Å². The number of carbonyl (C=O) groups is 2. The van der Waals surface area contributed by atoms with Gasteiger partial charge < -0.3 is 20.5 Å². The van der Waals surface area contributed by atoms with E-state index in [4.69, 9.17) is 4.74 Å². The number of allylic oxidation sites excluding steroid dienone is 3. The van der Waals surface area contributed by atoms with Gasteiger partial charge in [0.1, 0.15) is 5.82 Å². The van der Waals surface area contributed by atoms with Gasteiger partial charge in [-0.1, -0.05) is 42.5 Å².